The highest BCUT2D eigenvalue weighted by molar-refractivity contribution is 6.37. The zero-order valence-corrected chi connectivity index (χ0v) is 15.0. The summed E-state index contributed by atoms with van der Waals surface area (Å²) in [6.45, 7) is 1.33. The van der Waals surface area contributed by atoms with Crippen molar-refractivity contribution in [2.45, 2.75) is 43.5 Å². The molecule has 1 aliphatic carbocycles. The van der Waals surface area contributed by atoms with E-state index in [1.807, 2.05) is 0 Å². The Hall–Kier alpha value is -1.27. The van der Waals surface area contributed by atoms with Gasteiger partial charge in [0, 0.05) is 23.4 Å². The van der Waals surface area contributed by atoms with Crippen LogP contribution < -0.4 is 0 Å². The molecule has 0 bridgehead atoms. The van der Waals surface area contributed by atoms with Crippen LogP contribution in [0, 0.1) is 0 Å². The number of halogens is 2. The minimum Gasteiger partial charge on any atom is -0.507 e. The molecule has 0 amide bonds. The first kappa shape index (κ1) is 17.2. The smallest absolute Gasteiger partial charge is 0.343 e. The molecule has 0 unspecified atom stereocenters. The fourth-order valence-corrected chi connectivity index (χ4v) is 4.31. The van der Waals surface area contributed by atoms with E-state index in [1.54, 1.807) is 12.1 Å². The molecule has 0 aromatic heterocycles. The molecule has 1 N–H and O–H groups in total. The number of hydrogen-bond donors (Lipinski definition) is 1. The van der Waals surface area contributed by atoms with Crippen LogP contribution >= 0.6 is 23.2 Å². The van der Waals surface area contributed by atoms with Gasteiger partial charge in [-0.1, -0.05) is 29.3 Å². The van der Waals surface area contributed by atoms with Crippen molar-refractivity contribution in [1.82, 2.24) is 0 Å². The van der Waals surface area contributed by atoms with Gasteiger partial charge >= 0.3 is 5.97 Å². The SMILES string of the molecule is O=C1OC2(CCC3(CC2)OCCCO3)C(O)=C1c1ccc(Cl)cc1Cl. The molecule has 25 heavy (non-hydrogen) atoms. The van der Waals surface area contributed by atoms with E-state index >= 15 is 0 Å². The molecular weight excluding hydrogens is 367 g/mol. The van der Waals surface area contributed by atoms with Gasteiger partial charge in [-0.05, 0) is 31.4 Å². The third-order valence-corrected chi connectivity index (χ3v) is 5.75. The Morgan fingerprint density at radius 3 is 2.36 bits per heavy atom. The lowest BCUT2D eigenvalue weighted by molar-refractivity contribution is -0.290. The standard InChI is InChI=1S/C18H18Cl2O5/c19-11-2-3-12(13(20)10-11)14-15(21)17(25-16(14)22)4-6-18(7-5-17)23-8-1-9-24-18/h2-3,10,21H,1,4-9H2. The van der Waals surface area contributed by atoms with Gasteiger partial charge in [-0.15, -0.1) is 0 Å². The number of aliphatic hydroxyl groups excluding tert-OH is 1. The summed E-state index contributed by atoms with van der Waals surface area (Å²) in [7, 11) is 0. The third kappa shape index (κ3) is 2.83. The summed E-state index contributed by atoms with van der Waals surface area (Å²) in [5.74, 6) is -1.24. The number of hydrogen-bond acceptors (Lipinski definition) is 5. The topological polar surface area (TPSA) is 65.0 Å². The summed E-state index contributed by atoms with van der Waals surface area (Å²) in [5.41, 5.74) is -0.482. The minimum absolute atomic E-state index is 0.0626. The molecule has 2 spiro atoms. The zero-order chi connectivity index (χ0) is 17.7. The van der Waals surface area contributed by atoms with Crippen LogP contribution in [0.4, 0.5) is 0 Å². The van der Waals surface area contributed by atoms with Crippen LogP contribution in [-0.2, 0) is 19.0 Å². The van der Waals surface area contributed by atoms with Crippen molar-refractivity contribution in [2.24, 2.45) is 0 Å². The van der Waals surface area contributed by atoms with Gasteiger partial charge in [0.25, 0.3) is 0 Å². The van der Waals surface area contributed by atoms with Crippen molar-refractivity contribution in [3.05, 3.63) is 39.6 Å². The normalized spacial score (nSPS) is 24.8. The van der Waals surface area contributed by atoms with E-state index < -0.39 is 17.4 Å². The molecule has 3 aliphatic rings. The zero-order valence-electron chi connectivity index (χ0n) is 13.5. The summed E-state index contributed by atoms with van der Waals surface area (Å²) in [6.07, 6.45) is 2.89. The molecule has 2 fully saturated rings. The second-order valence-corrected chi connectivity index (χ2v) is 7.54. The van der Waals surface area contributed by atoms with Gasteiger partial charge in [0.1, 0.15) is 5.57 Å². The number of rotatable bonds is 1. The molecule has 0 atom stereocenters. The highest BCUT2D eigenvalue weighted by Gasteiger charge is 2.54. The average molecular weight is 385 g/mol. The van der Waals surface area contributed by atoms with Crippen LogP contribution in [0.2, 0.25) is 10.0 Å². The molecular formula is C18H18Cl2O5. The fourth-order valence-electron chi connectivity index (χ4n) is 3.81. The number of aliphatic hydroxyl groups is 1. The van der Waals surface area contributed by atoms with Crippen molar-refractivity contribution in [3.63, 3.8) is 0 Å². The van der Waals surface area contributed by atoms with Crippen LogP contribution in [0.25, 0.3) is 5.57 Å². The molecule has 0 radical (unpaired) electrons. The number of carbonyl (C=O) groups is 1. The first-order chi connectivity index (χ1) is 11.9. The molecule has 5 nitrogen and oxygen atoms in total. The predicted molar refractivity (Wildman–Crippen MR) is 92.6 cm³/mol. The minimum atomic E-state index is -1.02. The molecule has 1 aromatic carbocycles. The Kier molecular flexibility index (Phi) is 4.23. The van der Waals surface area contributed by atoms with Gasteiger partial charge in [-0.2, -0.15) is 0 Å². The highest BCUT2D eigenvalue weighted by Crippen LogP contribution is 2.50. The lowest BCUT2D eigenvalue weighted by atomic mass is 9.79. The first-order valence-electron chi connectivity index (χ1n) is 8.35. The number of ether oxygens (including phenoxy) is 3. The van der Waals surface area contributed by atoms with Crippen LogP contribution in [0.1, 0.15) is 37.7 Å². The second kappa shape index (κ2) is 6.16. The number of carbonyl (C=O) groups excluding carboxylic acids is 1. The molecule has 2 aliphatic heterocycles. The fraction of sp³-hybridized carbons (Fsp3) is 0.500. The van der Waals surface area contributed by atoms with E-state index in [0.717, 1.165) is 6.42 Å². The lowest BCUT2D eigenvalue weighted by Crippen LogP contribution is -2.49. The van der Waals surface area contributed by atoms with Crippen molar-refractivity contribution in [1.29, 1.82) is 0 Å². The van der Waals surface area contributed by atoms with Crippen molar-refractivity contribution >= 4 is 34.7 Å². The highest BCUT2D eigenvalue weighted by atomic mass is 35.5. The largest absolute Gasteiger partial charge is 0.507 e. The maximum Gasteiger partial charge on any atom is 0.343 e. The maximum atomic E-state index is 12.5. The van der Waals surface area contributed by atoms with E-state index in [2.05, 4.69) is 0 Å². The average Bonchev–Trinajstić information content (AvgIpc) is 2.83. The lowest BCUT2D eigenvalue weighted by Gasteiger charge is -2.45. The van der Waals surface area contributed by atoms with Crippen molar-refractivity contribution in [2.75, 3.05) is 13.2 Å². The first-order valence-corrected chi connectivity index (χ1v) is 9.11. The molecule has 134 valence electrons. The summed E-state index contributed by atoms with van der Waals surface area (Å²) < 4.78 is 17.3. The van der Waals surface area contributed by atoms with Crippen LogP contribution in [-0.4, -0.2) is 35.7 Å². The van der Waals surface area contributed by atoms with Crippen LogP contribution in [0.3, 0.4) is 0 Å². The van der Waals surface area contributed by atoms with E-state index in [-0.39, 0.29) is 11.3 Å². The molecule has 7 heteroatoms. The van der Waals surface area contributed by atoms with E-state index in [9.17, 15) is 9.90 Å². The van der Waals surface area contributed by atoms with Gasteiger partial charge in [0.2, 0.25) is 0 Å². The van der Waals surface area contributed by atoms with E-state index in [0.29, 0.717) is 54.5 Å². The van der Waals surface area contributed by atoms with Gasteiger partial charge < -0.3 is 19.3 Å². The Labute approximate surface area is 155 Å². The number of esters is 1. The summed E-state index contributed by atoms with van der Waals surface area (Å²) in [6, 6.07) is 4.78. The molecule has 4 rings (SSSR count). The van der Waals surface area contributed by atoms with Crippen LogP contribution in [0.5, 0.6) is 0 Å². The summed E-state index contributed by atoms with van der Waals surface area (Å²) >= 11 is 12.1. The predicted octanol–water partition coefficient (Wildman–Crippen LogP) is 4.27. The Morgan fingerprint density at radius 1 is 1.04 bits per heavy atom. The molecule has 2 heterocycles. The Balaban J connectivity index is 1.64. The second-order valence-electron chi connectivity index (χ2n) is 6.69. The quantitative estimate of drug-likeness (QED) is 0.732. The molecule has 1 saturated heterocycles. The van der Waals surface area contributed by atoms with Gasteiger partial charge in [-0.3, -0.25) is 0 Å². The van der Waals surface area contributed by atoms with Crippen molar-refractivity contribution < 1.29 is 24.1 Å². The number of benzene rings is 1. The monoisotopic (exact) mass is 384 g/mol. The van der Waals surface area contributed by atoms with Gasteiger partial charge in [-0.25, -0.2) is 4.79 Å². The molecule has 1 saturated carbocycles. The Bertz CT molecular complexity index is 742. The van der Waals surface area contributed by atoms with E-state index in [4.69, 9.17) is 37.4 Å². The van der Waals surface area contributed by atoms with Gasteiger partial charge in [0.05, 0.1) is 18.2 Å². The van der Waals surface area contributed by atoms with Crippen LogP contribution in [0.15, 0.2) is 24.0 Å². The van der Waals surface area contributed by atoms with Gasteiger partial charge in [0.15, 0.2) is 17.1 Å². The third-order valence-electron chi connectivity index (χ3n) is 5.20. The van der Waals surface area contributed by atoms with Crippen molar-refractivity contribution in [3.8, 4) is 0 Å². The molecule has 1 aromatic rings. The maximum absolute atomic E-state index is 12.5. The summed E-state index contributed by atoms with van der Waals surface area (Å²) in [5, 5.41) is 11.6. The van der Waals surface area contributed by atoms with E-state index in [1.165, 1.54) is 6.07 Å². The summed E-state index contributed by atoms with van der Waals surface area (Å²) in [4.78, 5) is 12.5. The Morgan fingerprint density at radius 2 is 1.72 bits per heavy atom.